The molecule has 0 saturated carbocycles. The lowest BCUT2D eigenvalue weighted by atomic mass is 9.88. The van der Waals surface area contributed by atoms with Gasteiger partial charge in [0.2, 0.25) is 20.0 Å². The Hall–Kier alpha value is -1.77. The van der Waals surface area contributed by atoms with Crippen LogP contribution in [0.25, 0.3) is 0 Å². The van der Waals surface area contributed by atoms with Crippen molar-refractivity contribution < 1.29 is 31.4 Å². The van der Waals surface area contributed by atoms with Crippen molar-refractivity contribution >= 4 is 31.6 Å². The fraction of sp³-hybridized carbons (Fsp3) is 0.520. The molecule has 38 heavy (non-hydrogen) atoms. The van der Waals surface area contributed by atoms with Crippen molar-refractivity contribution in [1.29, 1.82) is 0 Å². The second kappa shape index (κ2) is 11.8. The minimum Gasteiger partial charge on any atom is -0.489 e. The number of hydrogen-bond acceptors (Lipinski definition) is 8. The van der Waals surface area contributed by atoms with Crippen molar-refractivity contribution in [2.45, 2.75) is 53.7 Å². The molecule has 2 aromatic rings. The molecule has 1 spiro atoms. The summed E-state index contributed by atoms with van der Waals surface area (Å²) in [6.07, 6.45) is 0.983. The largest absolute Gasteiger partial charge is 0.489 e. The maximum Gasteiger partial charge on any atom is 0.243 e. The molecule has 2 heterocycles. The molecule has 2 fully saturated rings. The van der Waals surface area contributed by atoms with Crippen molar-refractivity contribution in [1.82, 2.24) is 14.3 Å². The Kier molecular flexibility index (Phi) is 9.05. The van der Waals surface area contributed by atoms with Crippen LogP contribution in [0.4, 0.5) is 0 Å². The first-order valence-electron chi connectivity index (χ1n) is 12.4. The Bertz CT molecular complexity index is 1350. The normalized spacial score (nSPS) is 21.0. The Morgan fingerprint density at radius 1 is 1.16 bits per heavy atom. The van der Waals surface area contributed by atoms with Gasteiger partial charge in [0.15, 0.2) is 0 Å². The Morgan fingerprint density at radius 3 is 2.58 bits per heavy atom. The Morgan fingerprint density at radius 2 is 1.87 bits per heavy atom. The summed E-state index contributed by atoms with van der Waals surface area (Å²) in [7, 11) is -6.01. The van der Waals surface area contributed by atoms with Crippen molar-refractivity contribution in [3.63, 3.8) is 0 Å². The number of hydrogen-bond donors (Lipinski definition) is 3. The lowest BCUT2D eigenvalue weighted by molar-refractivity contribution is -0.0312. The number of aryl methyl sites for hydroxylation is 1. The third-order valence-corrected chi connectivity index (χ3v) is 10.8. The fourth-order valence-corrected chi connectivity index (χ4v) is 7.70. The average Bonchev–Trinajstić information content (AvgIpc) is 3.30. The zero-order chi connectivity index (χ0) is 27.6. The first-order chi connectivity index (χ1) is 18.0. The lowest BCUT2D eigenvalue weighted by Crippen LogP contribution is -2.47. The molecule has 0 aliphatic carbocycles. The van der Waals surface area contributed by atoms with Crippen LogP contribution in [-0.2, 0) is 24.8 Å². The monoisotopic (exact) mass is 587 g/mol. The number of aliphatic hydroxyl groups is 1. The maximum atomic E-state index is 13.2. The predicted molar refractivity (Wildman–Crippen MR) is 143 cm³/mol. The van der Waals surface area contributed by atoms with E-state index in [4.69, 9.17) is 21.1 Å². The van der Waals surface area contributed by atoms with Gasteiger partial charge in [-0.3, -0.25) is 0 Å². The summed E-state index contributed by atoms with van der Waals surface area (Å²) < 4.78 is 66.2. The average molecular weight is 588 g/mol. The van der Waals surface area contributed by atoms with Gasteiger partial charge in [0.1, 0.15) is 23.4 Å². The Labute approximate surface area is 229 Å². The molecule has 0 radical (unpaired) electrons. The number of para-hydroxylation sites is 1. The third-order valence-electron chi connectivity index (χ3n) is 7.09. The van der Waals surface area contributed by atoms with Crippen LogP contribution in [0.5, 0.6) is 5.75 Å². The van der Waals surface area contributed by atoms with Gasteiger partial charge in [0.05, 0.1) is 17.1 Å². The highest BCUT2D eigenvalue weighted by Crippen LogP contribution is 2.38. The van der Waals surface area contributed by atoms with E-state index in [1.165, 1.54) is 23.5 Å². The van der Waals surface area contributed by atoms with Gasteiger partial charge in [-0.2, -0.15) is 4.31 Å². The highest BCUT2D eigenvalue weighted by molar-refractivity contribution is 7.89. The van der Waals surface area contributed by atoms with Gasteiger partial charge >= 0.3 is 0 Å². The number of benzene rings is 2. The molecule has 13 heteroatoms. The number of nitrogens with zero attached hydrogens (tertiary/aromatic N) is 1. The molecule has 10 nitrogen and oxygen atoms in total. The van der Waals surface area contributed by atoms with Gasteiger partial charge < -0.3 is 19.9 Å². The van der Waals surface area contributed by atoms with E-state index in [9.17, 15) is 21.9 Å². The minimum atomic E-state index is -3.69. The van der Waals surface area contributed by atoms with Gasteiger partial charge in [-0.1, -0.05) is 29.8 Å². The second-order valence-corrected chi connectivity index (χ2v) is 13.9. The van der Waals surface area contributed by atoms with E-state index in [1.54, 1.807) is 37.3 Å². The van der Waals surface area contributed by atoms with Crippen molar-refractivity contribution in [2.75, 3.05) is 39.9 Å². The summed E-state index contributed by atoms with van der Waals surface area (Å²) in [5, 5.41) is 14.1. The SMILES string of the molecule is CNS(=O)(=O)c1ccccc1OC[C@@H](O)CNC1COC2(CCN(S(=O)(=O)c3cc(Cl)ccc3C)CC2)C1. The first kappa shape index (κ1) is 29.2. The van der Waals surface area contributed by atoms with E-state index >= 15 is 0 Å². The zero-order valence-corrected chi connectivity index (χ0v) is 23.8. The molecule has 0 aromatic heterocycles. The number of piperidine rings is 1. The Balaban J connectivity index is 1.26. The molecule has 0 bridgehead atoms. The van der Waals surface area contributed by atoms with E-state index in [-0.39, 0.29) is 34.7 Å². The smallest absolute Gasteiger partial charge is 0.243 e. The minimum absolute atomic E-state index is 0.0000584. The summed E-state index contributed by atoms with van der Waals surface area (Å²) in [6.45, 7) is 3.07. The first-order valence-corrected chi connectivity index (χ1v) is 15.7. The van der Waals surface area contributed by atoms with Gasteiger partial charge in [-0.15, -0.1) is 0 Å². The molecule has 2 aromatic carbocycles. The number of nitrogens with one attached hydrogen (secondary N) is 2. The van der Waals surface area contributed by atoms with Crippen molar-refractivity contribution in [2.24, 2.45) is 0 Å². The van der Waals surface area contributed by atoms with Crippen LogP contribution in [0.3, 0.4) is 0 Å². The highest BCUT2D eigenvalue weighted by Gasteiger charge is 2.45. The number of aliphatic hydroxyl groups excluding tert-OH is 1. The number of sulfonamides is 2. The lowest BCUT2D eigenvalue weighted by Gasteiger charge is -2.38. The summed E-state index contributed by atoms with van der Waals surface area (Å²) in [5.74, 6) is 0.165. The summed E-state index contributed by atoms with van der Waals surface area (Å²) >= 11 is 6.05. The number of ether oxygens (including phenoxy) is 2. The van der Waals surface area contributed by atoms with Crippen molar-refractivity contribution in [3.8, 4) is 5.75 Å². The van der Waals surface area contributed by atoms with E-state index in [0.29, 0.717) is 49.5 Å². The quantitative estimate of drug-likeness (QED) is 0.384. The second-order valence-electron chi connectivity index (χ2n) is 9.74. The van der Waals surface area contributed by atoms with Crippen LogP contribution in [0.1, 0.15) is 24.8 Å². The molecule has 2 saturated heterocycles. The molecular weight excluding hydrogens is 554 g/mol. The predicted octanol–water partition coefficient (Wildman–Crippen LogP) is 1.90. The van der Waals surface area contributed by atoms with E-state index in [1.807, 2.05) is 0 Å². The van der Waals surface area contributed by atoms with E-state index in [2.05, 4.69) is 10.0 Å². The van der Waals surface area contributed by atoms with E-state index in [0.717, 1.165) is 0 Å². The molecule has 2 aliphatic heterocycles. The molecular formula is C25H34ClN3O7S2. The zero-order valence-electron chi connectivity index (χ0n) is 21.4. The molecule has 2 aliphatic rings. The summed E-state index contributed by atoms with van der Waals surface area (Å²) in [4.78, 5) is 0.239. The topological polar surface area (TPSA) is 134 Å². The summed E-state index contributed by atoms with van der Waals surface area (Å²) in [5.41, 5.74) is 0.250. The van der Waals surface area contributed by atoms with Crippen LogP contribution in [0, 0.1) is 6.92 Å². The van der Waals surface area contributed by atoms with Gasteiger partial charge in [-0.05, 0) is 63.1 Å². The van der Waals surface area contributed by atoms with Crippen LogP contribution in [-0.4, -0.2) is 83.9 Å². The van der Waals surface area contributed by atoms with Crippen LogP contribution < -0.4 is 14.8 Å². The van der Waals surface area contributed by atoms with Gasteiger partial charge in [-0.25, -0.2) is 21.6 Å². The van der Waals surface area contributed by atoms with Gasteiger partial charge in [0, 0.05) is 30.7 Å². The molecule has 0 amide bonds. The van der Waals surface area contributed by atoms with Crippen LogP contribution >= 0.6 is 11.6 Å². The van der Waals surface area contributed by atoms with Crippen LogP contribution in [0.2, 0.25) is 5.02 Å². The molecule has 1 unspecified atom stereocenters. The fourth-order valence-electron chi connectivity index (χ4n) is 4.90. The standard InChI is InChI=1S/C25H34ClN3O7S2/c1-18-7-8-19(26)13-24(18)38(33,34)29-11-9-25(10-12-29)14-20(16-36-25)28-15-21(30)17-35-22-5-3-4-6-23(22)37(31,32)27-2/h3-8,13,20-21,27-28,30H,9-12,14-17H2,1-2H3/t20?,21-/m0/s1. The van der Waals surface area contributed by atoms with Crippen LogP contribution in [0.15, 0.2) is 52.3 Å². The number of rotatable bonds is 10. The third kappa shape index (κ3) is 6.50. The molecule has 4 rings (SSSR count). The maximum absolute atomic E-state index is 13.2. The summed E-state index contributed by atoms with van der Waals surface area (Å²) in [6, 6.07) is 11.1. The van der Waals surface area contributed by atoms with E-state index < -0.39 is 31.8 Å². The molecule has 210 valence electrons. The van der Waals surface area contributed by atoms with Gasteiger partial charge in [0.25, 0.3) is 0 Å². The highest BCUT2D eigenvalue weighted by atomic mass is 35.5. The molecule has 3 N–H and O–H groups in total. The molecule has 2 atom stereocenters. The van der Waals surface area contributed by atoms with Crippen molar-refractivity contribution in [3.05, 3.63) is 53.1 Å². The number of halogens is 1.